The summed E-state index contributed by atoms with van der Waals surface area (Å²) in [5, 5.41) is 6.93. The highest BCUT2D eigenvalue weighted by Gasteiger charge is 2.17. The van der Waals surface area contributed by atoms with Gasteiger partial charge in [-0.25, -0.2) is 26.6 Å². The van der Waals surface area contributed by atoms with Crippen molar-refractivity contribution < 1.29 is 17.6 Å². The third-order valence-corrected chi connectivity index (χ3v) is 6.48. The van der Waals surface area contributed by atoms with E-state index >= 15 is 0 Å². The van der Waals surface area contributed by atoms with Gasteiger partial charge in [0.15, 0.2) is 5.82 Å². The molecule has 0 atom stereocenters. The summed E-state index contributed by atoms with van der Waals surface area (Å²) in [5.74, 6) is -0.409. The van der Waals surface area contributed by atoms with E-state index in [0.29, 0.717) is 11.4 Å². The molecule has 0 saturated carbocycles. The molecule has 1 aromatic heterocycles. The van der Waals surface area contributed by atoms with Crippen LogP contribution in [-0.4, -0.2) is 53.6 Å². The van der Waals surface area contributed by atoms with Gasteiger partial charge in [0.2, 0.25) is 10.0 Å². The molecule has 0 saturated heterocycles. The van der Waals surface area contributed by atoms with Crippen molar-refractivity contribution in [3.8, 4) is 11.4 Å². The van der Waals surface area contributed by atoms with Gasteiger partial charge in [0.25, 0.3) is 5.91 Å². The predicted molar refractivity (Wildman–Crippen MR) is 113 cm³/mol. The van der Waals surface area contributed by atoms with Gasteiger partial charge in [0.05, 0.1) is 11.4 Å². The van der Waals surface area contributed by atoms with E-state index in [-0.39, 0.29) is 35.1 Å². The van der Waals surface area contributed by atoms with Crippen LogP contribution in [-0.2, 0) is 23.6 Å². The van der Waals surface area contributed by atoms with Gasteiger partial charge in [-0.15, -0.1) is 5.10 Å². The van der Waals surface area contributed by atoms with Crippen LogP contribution in [0.2, 0.25) is 0 Å². The number of benzene rings is 2. The minimum absolute atomic E-state index is 0.0856. The zero-order chi connectivity index (χ0) is 22.8. The molecule has 1 amide bonds. The zero-order valence-electron chi connectivity index (χ0n) is 17.2. The molecular weight excluding hydrogens is 425 g/mol. The summed E-state index contributed by atoms with van der Waals surface area (Å²) < 4.78 is 40.9. The summed E-state index contributed by atoms with van der Waals surface area (Å²) in [6.45, 7) is 0.267. The highest BCUT2D eigenvalue weighted by atomic mass is 32.2. The SMILES string of the molecule is CN(C)S(=O)(=O)c1ccc(C(=O)NCCn2nc(-c3ccc(F)cc3)n(C)c2=O)cc1. The number of halogens is 1. The summed E-state index contributed by atoms with van der Waals surface area (Å²) in [6.07, 6.45) is 0. The number of hydrogen-bond donors (Lipinski definition) is 1. The van der Waals surface area contributed by atoms with Crippen LogP contribution in [0.4, 0.5) is 4.39 Å². The normalized spacial score (nSPS) is 11.6. The van der Waals surface area contributed by atoms with E-state index in [9.17, 15) is 22.4 Å². The van der Waals surface area contributed by atoms with E-state index in [2.05, 4.69) is 10.4 Å². The van der Waals surface area contributed by atoms with Crippen LogP contribution in [0.3, 0.4) is 0 Å². The van der Waals surface area contributed by atoms with Gasteiger partial charge in [-0.05, 0) is 48.5 Å². The molecule has 3 rings (SSSR count). The number of carbonyl (C=O) groups is 1. The smallest absolute Gasteiger partial charge is 0.345 e. The first-order chi connectivity index (χ1) is 14.6. The number of sulfonamides is 1. The first-order valence-electron chi connectivity index (χ1n) is 9.32. The summed E-state index contributed by atoms with van der Waals surface area (Å²) >= 11 is 0. The highest BCUT2D eigenvalue weighted by Crippen LogP contribution is 2.16. The molecule has 0 aliphatic heterocycles. The molecule has 0 aliphatic rings. The molecule has 11 heteroatoms. The second-order valence-electron chi connectivity index (χ2n) is 6.96. The van der Waals surface area contributed by atoms with Gasteiger partial charge in [0, 0.05) is 38.8 Å². The number of carbonyl (C=O) groups excluding carboxylic acids is 1. The molecule has 9 nitrogen and oxygen atoms in total. The van der Waals surface area contributed by atoms with Crippen LogP contribution in [0.15, 0.2) is 58.2 Å². The lowest BCUT2D eigenvalue weighted by molar-refractivity contribution is 0.0951. The van der Waals surface area contributed by atoms with E-state index < -0.39 is 15.9 Å². The van der Waals surface area contributed by atoms with Crippen LogP contribution in [0.25, 0.3) is 11.4 Å². The van der Waals surface area contributed by atoms with Crippen LogP contribution >= 0.6 is 0 Å². The molecule has 1 heterocycles. The Morgan fingerprint density at radius 1 is 1.10 bits per heavy atom. The molecule has 1 N–H and O–H groups in total. The van der Waals surface area contributed by atoms with Gasteiger partial charge in [-0.2, -0.15) is 0 Å². The first kappa shape index (κ1) is 22.4. The van der Waals surface area contributed by atoms with Crippen LogP contribution in [0.5, 0.6) is 0 Å². The van der Waals surface area contributed by atoms with Gasteiger partial charge in [0.1, 0.15) is 5.82 Å². The van der Waals surface area contributed by atoms with E-state index in [1.165, 1.54) is 71.9 Å². The lowest BCUT2D eigenvalue weighted by Gasteiger charge is -2.11. The average Bonchev–Trinajstić information content (AvgIpc) is 3.03. The second-order valence-corrected chi connectivity index (χ2v) is 9.11. The fourth-order valence-corrected chi connectivity index (χ4v) is 3.75. The predicted octanol–water partition coefficient (Wildman–Crippen LogP) is 1.07. The first-order valence-corrected chi connectivity index (χ1v) is 10.8. The third kappa shape index (κ3) is 4.72. The average molecular weight is 447 g/mol. The largest absolute Gasteiger partial charge is 0.350 e. The number of hydrogen-bond acceptors (Lipinski definition) is 5. The minimum Gasteiger partial charge on any atom is -0.350 e. The van der Waals surface area contributed by atoms with Crippen molar-refractivity contribution in [1.29, 1.82) is 0 Å². The van der Waals surface area contributed by atoms with Crippen molar-refractivity contribution in [3.05, 3.63) is 70.4 Å². The van der Waals surface area contributed by atoms with Crippen LogP contribution in [0.1, 0.15) is 10.4 Å². The number of amides is 1. The van der Waals surface area contributed by atoms with Gasteiger partial charge < -0.3 is 5.32 Å². The van der Waals surface area contributed by atoms with Crippen molar-refractivity contribution in [2.75, 3.05) is 20.6 Å². The quantitative estimate of drug-likeness (QED) is 0.583. The lowest BCUT2D eigenvalue weighted by Crippen LogP contribution is -2.31. The molecule has 0 aliphatic carbocycles. The minimum atomic E-state index is -3.57. The van der Waals surface area contributed by atoms with E-state index in [4.69, 9.17) is 0 Å². The Bertz CT molecular complexity index is 1250. The van der Waals surface area contributed by atoms with Crippen molar-refractivity contribution in [3.63, 3.8) is 0 Å². The summed E-state index contributed by atoms with van der Waals surface area (Å²) in [5.41, 5.74) is 0.515. The van der Waals surface area contributed by atoms with Crippen molar-refractivity contribution in [1.82, 2.24) is 24.0 Å². The Balaban J connectivity index is 1.65. The Hall–Kier alpha value is -3.31. The standard InChI is InChI=1S/C20H22FN5O4S/c1-24(2)31(29,30)17-10-6-15(7-11-17)19(27)22-12-13-26-20(28)25(3)18(23-26)14-4-8-16(21)9-5-14/h4-11H,12-13H2,1-3H3,(H,22,27). The number of nitrogens with zero attached hydrogens (tertiary/aromatic N) is 4. The molecule has 2 aromatic carbocycles. The maximum absolute atomic E-state index is 13.1. The maximum Gasteiger partial charge on any atom is 0.345 e. The molecule has 0 fully saturated rings. The molecule has 0 unspecified atom stereocenters. The third-order valence-electron chi connectivity index (χ3n) is 4.65. The van der Waals surface area contributed by atoms with Crippen LogP contribution < -0.4 is 11.0 Å². The number of aromatic nitrogens is 3. The van der Waals surface area contributed by atoms with Crippen molar-refractivity contribution in [2.45, 2.75) is 11.4 Å². The topological polar surface area (TPSA) is 106 Å². The number of rotatable bonds is 7. The molecule has 0 bridgehead atoms. The van der Waals surface area contributed by atoms with Gasteiger partial charge >= 0.3 is 5.69 Å². The van der Waals surface area contributed by atoms with Crippen molar-refractivity contribution in [2.24, 2.45) is 7.05 Å². The molecule has 0 spiro atoms. The molecule has 31 heavy (non-hydrogen) atoms. The molecule has 164 valence electrons. The Morgan fingerprint density at radius 3 is 2.29 bits per heavy atom. The van der Waals surface area contributed by atoms with E-state index in [1.54, 1.807) is 7.05 Å². The fraction of sp³-hybridized carbons (Fsp3) is 0.250. The summed E-state index contributed by atoms with van der Waals surface area (Å²) in [6, 6.07) is 11.2. The van der Waals surface area contributed by atoms with Gasteiger partial charge in [-0.3, -0.25) is 9.36 Å². The van der Waals surface area contributed by atoms with Crippen LogP contribution in [0, 0.1) is 5.82 Å². The fourth-order valence-electron chi connectivity index (χ4n) is 2.85. The monoisotopic (exact) mass is 447 g/mol. The second kappa shape index (κ2) is 8.82. The van der Waals surface area contributed by atoms with E-state index in [1.807, 2.05) is 0 Å². The summed E-state index contributed by atoms with van der Waals surface area (Å²) in [4.78, 5) is 24.8. The Labute approximate surface area is 178 Å². The Kier molecular flexibility index (Phi) is 6.37. The zero-order valence-corrected chi connectivity index (χ0v) is 18.1. The highest BCUT2D eigenvalue weighted by molar-refractivity contribution is 7.89. The van der Waals surface area contributed by atoms with Crippen molar-refractivity contribution >= 4 is 15.9 Å². The lowest BCUT2D eigenvalue weighted by atomic mass is 10.2. The van der Waals surface area contributed by atoms with E-state index in [0.717, 1.165) is 4.31 Å². The number of nitrogens with one attached hydrogen (secondary N) is 1. The maximum atomic E-state index is 13.1. The molecular formula is C20H22FN5O4S. The molecule has 0 radical (unpaired) electrons. The Morgan fingerprint density at radius 2 is 1.71 bits per heavy atom. The molecule has 3 aromatic rings. The van der Waals surface area contributed by atoms with Gasteiger partial charge in [-0.1, -0.05) is 0 Å². The summed E-state index contributed by atoms with van der Waals surface area (Å²) in [7, 11) is 0.845.